The van der Waals surface area contributed by atoms with Crippen LogP contribution in [-0.4, -0.2) is 81.0 Å². The summed E-state index contributed by atoms with van der Waals surface area (Å²) in [6.45, 7) is 4.52. The quantitative estimate of drug-likeness (QED) is 0.461. The van der Waals surface area contributed by atoms with E-state index in [4.69, 9.17) is 9.47 Å². The second kappa shape index (κ2) is 13.3. The number of nitrogens with one attached hydrogen (secondary N) is 1. The van der Waals surface area contributed by atoms with Crippen LogP contribution < -0.4 is 9.46 Å². The third kappa shape index (κ3) is 7.42. The van der Waals surface area contributed by atoms with Crippen molar-refractivity contribution in [2.45, 2.75) is 37.3 Å². The van der Waals surface area contributed by atoms with E-state index >= 15 is 0 Å². The highest BCUT2D eigenvalue weighted by atomic mass is 32.2. The standard InChI is InChI=1S/C30H35FN4O6S/c1-20-17-35(29(36)13-22-7-6-12-32-16-22)21(2)19-41-27-11-10-24(15-26(27)30(37)34(3)18-28(20)40-4)33-42(38,39)25-9-5-8-23(31)14-25/h5-12,14-16,20-21,28,33H,13,17-19H2,1-4H3/t20-,21+,28+/m0/s1. The van der Waals surface area contributed by atoms with Gasteiger partial charge >= 0.3 is 0 Å². The molecule has 224 valence electrons. The first-order chi connectivity index (χ1) is 20.0. The molecule has 0 fully saturated rings. The number of pyridine rings is 1. The molecule has 2 heterocycles. The number of benzene rings is 2. The van der Waals surface area contributed by atoms with Crippen LogP contribution in [0.1, 0.15) is 29.8 Å². The fraction of sp³-hybridized carbons (Fsp3) is 0.367. The number of rotatable bonds is 6. The molecule has 0 saturated heterocycles. The summed E-state index contributed by atoms with van der Waals surface area (Å²) in [5, 5.41) is 0. The molecule has 3 aromatic rings. The van der Waals surface area contributed by atoms with E-state index in [1.165, 1.54) is 35.2 Å². The molecule has 0 radical (unpaired) electrons. The van der Waals surface area contributed by atoms with Crippen LogP contribution in [0, 0.1) is 11.7 Å². The van der Waals surface area contributed by atoms with E-state index < -0.39 is 27.9 Å². The molecule has 0 bridgehead atoms. The van der Waals surface area contributed by atoms with Crippen LogP contribution in [0.25, 0.3) is 0 Å². The molecule has 0 saturated carbocycles. The molecule has 3 atom stereocenters. The number of hydrogen-bond acceptors (Lipinski definition) is 7. The molecule has 4 rings (SSSR count). The Morgan fingerprint density at radius 1 is 1.14 bits per heavy atom. The molecule has 12 heteroatoms. The minimum Gasteiger partial charge on any atom is -0.491 e. The maximum atomic E-state index is 13.7. The number of halogens is 1. The van der Waals surface area contributed by atoms with Crippen molar-refractivity contribution in [2.24, 2.45) is 5.92 Å². The molecule has 1 aliphatic rings. The minimum absolute atomic E-state index is 0.0848. The Bertz CT molecular complexity index is 1520. The number of nitrogens with zero attached hydrogens (tertiary/aromatic N) is 3. The Hall–Kier alpha value is -4.03. The molecule has 0 aliphatic carbocycles. The molecular formula is C30H35FN4O6S. The van der Waals surface area contributed by atoms with Gasteiger partial charge in [-0.2, -0.15) is 0 Å². The maximum absolute atomic E-state index is 13.7. The Balaban J connectivity index is 1.65. The number of amides is 2. The molecule has 2 amide bonds. The molecule has 0 spiro atoms. The summed E-state index contributed by atoms with van der Waals surface area (Å²) in [5.41, 5.74) is 1.02. The van der Waals surface area contributed by atoms with Crippen LogP contribution in [0.3, 0.4) is 0 Å². The predicted molar refractivity (Wildman–Crippen MR) is 155 cm³/mol. The first kappa shape index (κ1) is 30.9. The van der Waals surface area contributed by atoms with E-state index in [1.54, 1.807) is 37.5 Å². The van der Waals surface area contributed by atoms with Crippen LogP contribution >= 0.6 is 0 Å². The van der Waals surface area contributed by atoms with Gasteiger partial charge in [-0.05, 0) is 55.0 Å². The highest BCUT2D eigenvalue weighted by Gasteiger charge is 2.30. The van der Waals surface area contributed by atoms with Gasteiger partial charge in [-0.1, -0.05) is 19.1 Å². The summed E-state index contributed by atoms with van der Waals surface area (Å²) < 4.78 is 53.7. The average Bonchev–Trinajstić information content (AvgIpc) is 2.97. The lowest BCUT2D eigenvalue weighted by Gasteiger charge is -2.36. The van der Waals surface area contributed by atoms with E-state index in [2.05, 4.69) is 9.71 Å². The predicted octanol–water partition coefficient (Wildman–Crippen LogP) is 3.60. The second-order valence-corrected chi connectivity index (χ2v) is 12.1. The number of methoxy groups -OCH3 is 1. The van der Waals surface area contributed by atoms with Gasteiger partial charge in [0.05, 0.1) is 29.0 Å². The third-order valence-corrected chi connectivity index (χ3v) is 8.58. The van der Waals surface area contributed by atoms with E-state index in [-0.39, 0.29) is 59.3 Å². The van der Waals surface area contributed by atoms with Crippen molar-refractivity contribution >= 4 is 27.5 Å². The Labute approximate surface area is 245 Å². The van der Waals surface area contributed by atoms with Gasteiger partial charge in [0.2, 0.25) is 5.91 Å². The van der Waals surface area contributed by atoms with Gasteiger partial charge in [0.1, 0.15) is 18.2 Å². The molecular weight excluding hydrogens is 563 g/mol. The molecule has 42 heavy (non-hydrogen) atoms. The van der Waals surface area contributed by atoms with Crippen molar-refractivity contribution in [1.82, 2.24) is 14.8 Å². The van der Waals surface area contributed by atoms with Gasteiger partial charge < -0.3 is 19.3 Å². The number of fused-ring (bicyclic) bond motifs is 1. The molecule has 10 nitrogen and oxygen atoms in total. The van der Waals surface area contributed by atoms with Gasteiger partial charge in [0.25, 0.3) is 15.9 Å². The molecule has 1 aliphatic heterocycles. The van der Waals surface area contributed by atoms with E-state index in [1.807, 2.05) is 19.9 Å². The number of carbonyl (C=O) groups excluding carboxylic acids is 2. The Morgan fingerprint density at radius 2 is 1.93 bits per heavy atom. The number of carbonyl (C=O) groups is 2. The zero-order valence-electron chi connectivity index (χ0n) is 24.0. The van der Waals surface area contributed by atoms with Crippen molar-refractivity contribution in [3.05, 3.63) is 83.9 Å². The average molecular weight is 599 g/mol. The van der Waals surface area contributed by atoms with Gasteiger partial charge in [-0.3, -0.25) is 19.3 Å². The van der Waals surface area contributed by atoms with Gasteiger partial charge in [0.15, 0.2) is 0 Å². The largest absolute Gasteiger partial charge is 0.491 e. The Kier molecular flexibility index (Phi) is 9.79. The van der Waals surface area contributed by atoms with Gasteiger partial charge in [-0.25, -0.2) is 12.8 Å². The van der Waals surface area contributed by atoms with E-state index in [0.29, 0.717) is 6.54 Å². The molecule has 0 unspecified atom stereocenters. The molecule has 1 N–H and O–H groups in total. The first-order valence-corrected chi connectivity index (χ1v) is 15.0. The first-order valence-electron chi connectivity index (χ1n) is 13.5. The topological polar surface area (TPSA) is 118 Å². The number of ether oxygens (including phenoxy) is 2. The van der Waals surface area contributed by atoms with Crippen molar-refractivity contribution in [3.8, 4) is 5.75 Å². The smallest absolute Gasteiger partial charge is 0.261 e. The van der Waals surface area contributed by atoms with Gasteiger partial charge in [0, 0.05) is 51.2 Å². The van der Waals surface area contributed by atoms with Gasteiger partial charge in [-0.15, -0.1) is 0 Å². The lowest BCUT2D eigenvalue weighted by Crippen LogP contribution is -2.49. The fourth-order valence-electron chi connectivity index (χ4n) is 4.81. The van der Waals surface area contributed by atoms with Crippen LogP contribution in [0.2, 0.25) is 0 Å². The monoisotopic (exact) mass is 598 g/mol. The van der Waals surface area contributed by atoms with Crippen LogP contribution in [-0.2, 0) is 26.0 Å². The summed E-state index contributed by atoms with van der Waals surface area (Å²) in [6.07, 6.45) is 3.09. The second-order valence-electron chi connectivity index (χ2n) is 10.5. The van der Waals surface area contributed by atoms with Crippen LogP contribution in [0.15, 0.2) is 71.9 Å². The van der Waals surface area contributed by atoms with Crippen molar-refractivity contribution in [3.63, 3.8) is 0 Å². The molecule has 1 aromatic heterocycles. The number of anilines is 1. The zero-order chi connectivity index (χ0) is 30.4. The summed E-state index contributed by atoms with van der Waals surface area (Å²) in [7, 11) is -0.948. The van der Waals surface area contributed by atoms with E-state index in [9.17, 15) is 22.4 Å². The fourth-order valence-corrected chi connectivity index (χ4v) is 5.90. The number of hydrogen-bond donors (Lipinski definition) is 1. The van der Waals surface area contributed by atoms with Crippen molar-refractivity contribution in [2.75, 3.05) is 38.6 Å². The van der Waals surface area contributed by atoms with Crippen LogP contribution in [0.5, 0.6) is 5.75 Å². The number of likely N-dealkylation sites (N-methyl/N-ethyl adjacent to an activating group) is 1. The summed E-state index contributed by atoms with van der Waals surface area (Å²) in [6, 6.07) is 12.3. The summed E-state index contributed by atoms with van der Waals surface area (Å²) in [4.78, 5) is 34.2. The number of aromatic nitrogens is 1. The lowest BCUT2D eigenvalue weighted by molar-refractivity contribution is -0.134. The van der Waals surface area contributed by atoms with E-state index in [0.717, 1.165) is 17.7 Å². The highest BCUT2D eigenvalue weighted by Crippen LogP contribution is 2.28. The normalized spacial score (nSPS) is 20.1. The lowest BCUT2D eigenvalue weighted by atomic mass is 10.0. The van der Waals surface area contributed by atoms with Crippen molar-refractivity contribution in [1.29, 1.82) is 0 Å². The Morgan fingerprint density at radius 3 is 2.62 bits per heavy atom. The summed E-state index contributed by atoms with van der Waals surface area (Å²) in [5.74, 6) is -1.08. The SMILES string of the molecule is CO[C@@H]1CN(C)C(=O)c2cc(NS(=O)(=O)c3cccc(F)c3)ccc2OC[C@@H](C)N(C(=O)Cc2cccnc2)C[C@@H]1C. The third-order valence-electron chi connectivity index (χ3n) is 7.20. The van der Waals surface area contributed by atoms with Crippen molar-refractivity contribution < 1.29 is 31.9 Å². The number of sulfonamides is 1. The zero-order valence-corrected chi connectivity index (χ0v) is 24.8. The summed E-state index contributed by atoms with van der Waals surface area (Å²) >= 11 is 0. The molecule has 2 aromatic carbocycles. The maximum Gasteiger partial charge on any atom is 0.261 e. The highest BCUT2D eigenvalue weighted by molar-refractivity contribution is 7.92. The van der Waals surface area contributed by atoms with Crippen LogP contribution in [0.4, 0.5) is 10.1 Å². The minimum atomic E-state index is -4.13.